The monoisotopic (exact) mass is 445 g/mol. The van der Waals surface area contributed by atoms with Crippen LogP contribution in [0.5, 0.6) is 0 Å². The van der Waals surface area contributed by atoms with E-state index in [4.69, 9.17) is 9.47 Å². The van der Waals surface area contributed by atoms with Crippen molar-refractivity contribution in [2.45, 2.75) is 62.9 Å². The van der Waals surface area contributed by atoms with Gasteiger partial charge in [0.2, 0.25) is 5.91 Å². The number of likely N-dealkylation sites (tertiary alicyclic amines) is 3. The number of ether oxygens (including phenoxy) is 2. The minimum Gasteiger partial charge on any atom is -0.392 e. The number of rotatable bonds is 8. The zero-order chi connectivity index (χ0) is 22.3. The van der Waals surface area contributed by atoms with Crippen molar-refractivity contribution < 1.29 is 19.4 Å². The maximum atomic E-state index is 13.4. The van der Waals surface area contributed by atoms with Crippen molar-refractivity contribution in [2.24, 2.45) is 0 Å². The van der Waals surface area contributed by atoms with Crippen molar-refractivity contribution in [1.82, 2.24) is 14.7 Å². The molecule has 3 heterocycles. The van der Waals surface area contributed by atoms with E-state index in [1.54, 1.807) is 7.11 Å². The Balaban J connectivity index is 1.27. The largest absolute Gasteiger partial charge is 0.392 e. The van der Waals surface area contributed by atoms with Gasteiger partial charge in [0.1, 0.15) is 0 Å². The number of aliphatic hydroxyl groups is 1. The average Bonchev–Trinajstić information content (AvgIpc) is 3.22. The first kappa shape index (κ1) is 23.6. The van der Waals surface area contributed by atoms with Crippen molar-refractivity contribution >= 4 is 5.91 Å². The molecule has 1 N–H and O–H groups in total. The number of methoxy groups -OCH3 is 1. The molecule has 2 atom stereocenters. The first-order valence-corrected chi connectivity index (χ1v) is 12.2. The molecule has 0 aliphatic carbocycles. The Morgan fingerprint density at radius 1 is 1.03 bits per heavy atom. The number of benzene rings is 1. The summed E-state index contributed by atoms with van der Waals surface area (Å²) in [5, 5.41) is 10.4. The smallest absolute Gasteiger partial charge is 0.240 e. The van der Waals surface area contributed by atoms with Gasteiger partial charge in [0.15, 0.2) is 0 Å². The van der Waals surface area contributed by atoms with Crippen LogP contribution in [0.25, 0.3) is 0 Å². The Morgan fingerprint density at radius 3 is 2.44 bits per heavy atom. The Hall–Kier alpha value is -1.51. The quantitative estimate of drug-likeness (QED) is 0.615. The van der Waals surface area contributed by atoms with Crippen LogP contribution >= 0.6 is 0 Å². The van der Waals surface area contributed by atoms with Crippen molar-refractivity contribution in [3.8, 4) is 0 Å². The van der Waals surface area contributed by atoms with Gasteiger partial charge in [-0.15, -0.1) is 0 Å². The lowest BCUT2D eigenvalue weighted by Gasteiger charge is -2.41. The molecule has 0 radical (unpaired) electrons. The highest BCUT2D eigenvalue weighted by Crippen LogP contribution is 2.29. The second-order valence-corrected chi connectivity index (χ2v) is 9.48. The van der Waals surface area contributed by atoms with Crippen LogP contribution in [-0.4, -0.2) is 103 Å². The molecule has 0 aromatic heterocycles. The number of carbonyl (C=O) groups is 1. The van der Waals surface area contributed by atoms with Crippen LogP contribution in [-0.2, 0) is 20.8 Å². The Bertz CT molecular complexity index is 702. The van der Waals surface area contributed by atoms with Crippen molar-refractivity contribution in [3.05, 3.63) is 35.9 Å². The van der Waals surface area contributed by atoms with E-state index < -0.39 is 6.10 Å². The molecule has 0 saturated carbocycles. The van der Waals surface area contributed by atoms with Crippen LogP contribution in [0.1, 0.15) is 37.7 Å². The molecule has 0 spiro atoms. The number of piperidine rings is 2. The number of carbonyl (C=O) groups excluding carboxylic acids is 1. The summed E-state index contributed by atoms with van der Waals surface area (Å²) in [5.41, 5.74) is 1.35. The lowest BCUT2D eigenvalue weighted by molar-refractivity contribution is -0.140. The van der Waals surface area contributed by atoms with E-state index in [1.807, 2.05) is 4.90 Å². The van der Waals surface area contributed by atoms with Crippen LogP contribution in [0.15, 0.2) is 30.3 Å². The van der Waals surface area contributed by atoms with E-state index in [0.29, 0.717) is 32.2 Å². The van der Waals surface area contributed by atoms with Gasteiger partial charge >= 0.3 is 0 Å². The average molecular weight is 446 g/mol. The summed E-state index contributed by atoms with van der Waals surface area (Å²) in [7, 11) is 1.68. The summed E-state index contributed by atoms with van der Waals surface area (Å²) < 4.78 is 10.9. The third kappa shape index (κ3) is 6.08. The second-order valence-electron chi connectivity index (χ2n) is 9.48. The van der Waals surface area contributed by atoms with Gasteiger partial charge in [-0.3, -0.25) is 14.6 Å². The predicted octanol–water partition coefficient (Wildman–Crippen LogP) is 1.74. The van der Waals surface area contributed by atoms with Crippen LogP contribution in [0.2, 0.25) is 0 Å². The van der Waals surface area contributed by atoms with Crippen LogP contribution in [0.4, 0.5) is 0 Å². The summed E-state index contributed by atoms with van der Waals surface area (Å²) in [6.45, 7) is 6.39. The van der Waals surface area contributed by atoms with E-state index >= 15 is 0 Å². The fraction of sp³-hybridized carbons (Fsp3) is 0.720. The molecule has 0 unspecified atom stereocenters. The highest BCUT2D eigenvalue weighted by Gasteiger charge is 2.42. The van der Waals surface area contributed by atoms with Gasteiger partial charge in [0.05, 0.1) is 31.5 Å². The van der Waals surface area contributed by atoms with Crippen molar-refractivity contribution in [3.63, 3.8) is 0 Å². The molecule has 7 heteroatoms. The molecular formula is C25H39N3O4. The number of hydrogen-bond donors (Lipinski definition) is 1. The maximum absolute atomic E-state index is 13.4. The number of amides is 1. The summed E-state index contributed by atoms with van der Waals surface area (Å²) >= 11 is 0. The molecule has 32 heavy (non-hydrogen) atoms. The van der Waals surface area contributed by atoms with Gasteiger partial charge in [0, 0.05) is 39.3 Å². The molecule has 3 saturated heterocycles. The van der Waals surface area contributed by atoms with Crippen molar-refractivity contribution in [2.75, 3.05) is 53.0 Å². The molecule has 1 aromatic rings. The van der Waals surface area contributed by atoms with Gasteiger partial charge in [-0.25, -0.2) is 0 Å². The van der Waals surface area contributed by atoms with E-state index in [2.05, 4.69) is 40.1 Å². The predicted molar refractivity (Wildman–Crippen MR) is 123 cm³/mol. The van der Waals surface area contributed by atoms with Gasteiger partial charge in [0.25, 0.3) is 0 Å². The highest BCUT2D eigenvalue weighted by atomic mass is 16.5. The van der Waals surface area contributed by atoms with Gasteiger partial charge < -0.3 is 19.5 Å². The molecule has 3 fully saturated rings. The van der Waals surface area contributed by atoms with Gasteiger partial charge in [-0.2, -0.15) is 0 Å². The fourth-order valence-electron chi connectivity index (χ4n) is 5.49. The lowest BCUT2D eigenvalue weighted by Crippen LogP contribution is -2.53. The third-order valence-corrected chi connectivity index (χ3v) is 7.27. The molecule has 1 aromatic carbocycles. The van der Waals surface area contributed by atoms with E-state index in [1.165, 1.54) is 5.56 Å². The Labute approximate surface area is 192 Å². The van der Waals surface area contributed by atoms with Crippen LogP contribution in [0, 0.1) is 0 Å². The molecule has 3 aliphatic heterocycles. The molecule has 178 valence electrons. The van der Waals surface area contributed by atoms with Gasteiger partial charge in [-0.05, 0) is 50.8 Å². The molecule has 4 rings (SSSR count). The summed E-state index contributed by atoms with van der Waals surface area (Å²) in [5.74, 6) is 0.198. The molecule has 3 aliphatic rings. The topological polar surface area (TPSA) is 65.5 Å². The van der Waals surface area contributed by atoms with E-state index in [-0.39, 0.29) is 18.1 Å². The highest BCUT2D eigenvalue weighted by molar-refractivity contribution is 5.82. The van der Waals surface area contributed by atoms with E-state index in [9.17, 15) is 9.90 Å². The van der Waals surface area contributed by atoms with Crippen LogP contribution in [0.3, 0.4) is 0 Å². The van der Waals surface area contributed by atoms with Crippen molar-refractivity contribution in [1.29, 1.82) is 0 Å². The molecular weight excluding hydrogens is 406 g/mol. The number of nitrogens with zero attached hydrogens (tertiary/aromatic N) is 3. The number of β-amino-alcohol motifs (C(OH)–C–C–N with tert-alkyl or cyclic N) is 1. The van der Waals surface area contributed by atoms with Gasteiger partial charge in [-0.1, -0.05) is 30.3 Å². The summed E-state index contributed by atoms with van der Waals surface area (Å²) in [4.78, 5) is 20.2. The Morgan fingerprint density at radius 2 is 1.75 bits per heavy atom. The number of aliphatic hydroxyl groups excluding tert-OH is 1. The summed E-state index contributed by atoms with van der Waals surface area (Å²) in [6, 6.07) is 10.8. The Kier molecular flexibility index (Phi) is 8.55. The third-order valence-electron chi connectivity index (χ3n) is 7.27. The first-order valence-electron chi connectivity index (χ1n) is 12.2. The maximum Gasteiger partial charge on any atom is 0.240 e. The molecule has 0 bridgehead atoms. The summed E-state index contributed by atoms with van der Waals surface area (Å²) in [6.07, 6.45) is 4.24. The second kappa shape index (κ2) is 11.6. The lowest BCUT2D eigenvalue weighted by atomic mass is 10.0. The number of hydrogen-bond acceptors (Lipinski definition) is 6. The standard InChI is InChI=1S/C25H39N3O4/c1-31-15-16-32-23-9-13-27(14-10-23)25(30)24-17-22(29)19-28(24)21-7-11-26(12-8-21)18-20-5-3-2-4-6-20/h2-6,21-24,29H,7-19H2,1H3/t22-,24+/m1/s1. The fourth-order valence-corrected chi connectivity index (χ4v) is 5.49. The van der Waals surface area contributed by atoms with Crippen LogP contribution < -0.4 is 0 Å². The zero-order valence-electron chi connectivity index (χ0n) is 19.4. The first-order chi connectivity index (χ1) is 15.6. The normalized spacial score (nSPS) is 26.6. The minimum absolute atomic E-state index is 0.179. The minimum atomic E-state index is -0.402. The SMILES string of the molecule is COCCOC1CCN(C(=O)[C@@H]2C[C@@H](O)CN2C2CCN(Cc3ccccc3)CC2)CC1. The van der Waals surface area contributed by atoms with E-state index in [0.717, 1.165) is 58.4 Å². The zero-order valence-corrected chi connectivity index (χ0v) is 19.4. The molecule has 1 amide bonds. The molecule has 7 nitrogen and oxygen atoms in total.